The number of halogens is 3. The largest absolute Gasteiger partial charge is 0.373 e. The van der Waals surface area contributed by atoms with E-state index in [1.807, 2.05) is 6.92 Å². The predicted molar refractivity (Wildman–Crippen MR) is 134 cm³/mol. The zero-order valence-corrected chi connectivity index (χ0v) is 21.5. The molecule has 2 heterocycles. The normalized spacial score (nSPS) is 22.1. The van der Waals surface area contributed by atoms with Gasteiger partial charge < -0.3 is 15.4 Å². The van der Waals surface area contributed by atoms with Crippen molar-refractivity contribution in [3.05, 3.63) is 52.5 Å². The number of aryl methyl sites for hydroxylation is 1. The molecule has 2 aliphatic carbocycles. The Hall–Kier alpha value is -2.68. The summed E-state index contributed by atoms with van der Waals surface area (Å²) in [4.78, 5) is 21.6. The first-order valence-electron chi connectivity index (χ1n) is 13.3. The van der Waals surface area contributed by atoms with Gasteiger partial charge in [-0.25, -0.2) is 23.1 Å². The molecule has 3 aliphatic rings. The molecule has 1 saturated heterocycles. The summed E-state index contributed by atoms with van der Waals surface area (Å²) in [5.74, 6) is -3.53. The van der Waals surface area contributed by atoms with Crippen molar-refractivity contribution in [1.29, 1.82) is 0 Å². The molecule has 2 atom stereocenters. The molecule has 2 saturated carbocycles. The Morgan fingerprint density at radius 3 is 2.62 bits per heavy atom. The highest BCUT2D eigenvalue weighted by molar-refractivity contribution is 5.83. The molecule has 6 nitrogen and oxygen atoms in total. The molecule has 0 spiro atoms. The van der Waals surface area contributed by atoms with Crippen molar-refractivity contribution in [2.75, 3.05) is 11.9 Å². The number of alkyl halides is 3. The molecule has 9 heteroatoms. The smallest absolute Gasteiger partial charge is 0.276 e. The molecule has 200 valence electrons. The molecule has 2 unspecified atom stereocenters. The molecule has 2 N–H and O–H groups in total. The van der Waals surface area contributed by atoms with Gasteiger partial charge in [-0.3, -0.25) is 4.79 Å². The number of anilines is 1. The maximum absolute atomic E-state index is 15.6. The second-order valence-electron chi connectivity index (χ2n) is 11.0. The number of nitrogens with zero attached hydrogens (tertiary/aromatic N) is 2. The maximum Gasteiger partial charge on any atom is 0.276 e. The summed E-state index contributed by atoms with van der Waals surface area (Å²) in [7, 11) is 0. The topological polar surface area (TPSA) is 76.1 Å². The fourth-order valence-corrected chi connectivity index (χ4v) is 5.45. The van der Waals surface area contributed by atoms with Crippen molar-refractivity contribution < 1.29 is 22.7 Å². The summed E-state index contributed by atoms with van der Waals surface area (Å²) in [5.41, 5.74) is 0.763. The number of ether oxygens (including phenoxy) is 1. The minimum Gasteiger partial charge on any atom is -0.373 e. The van der Waals surface area contributed by atoms with Gasteiger partial charge in [0.2, 0.25) is 6.17 Å². The fourth-order valence-electron chi connectivity index (χ4n) is 5.45. The molecule has 1 amide bonds. The van der Waals surface area contributed by atoms with Crippen molar-refractivity contribution in [1.82, 2.24) is 15.3 Å². The third-order valence-corrected chi connectivity index (χ3v) is 7.87. The van der Waals surface area contributed by atoms with Gasteiger partial charge in [-0.05, 0) is 64.0 Å². The molecule has 1 aromatic heterocycles. The molecule has 37 heavy (non-hydrogen) atoms. The van der Waals surface area contributed by atoms with Crippen LogP contribution in [-0.2, 0) is 22.0 Å². The van der Waals surface area contributed by atoms with Crippen LogP contribution in [0.1, 0.15) is 98.8 Å². The third-order valence-electron chi connectivity index (χ3n) is 7.87. The molecule has 2 aromatic rings. The minimum atomic E-state index is -2.87. The summed E-state index contributed by atoms with van der Waals surface area (Å²) in [6.45, 7) is 4.27. The minimum absolute atomic E-state index is 0.00478. The average molecular weight is 517 g/mol. The third kappa shape index (κ3) is 5.61. The second-order valence-corrected chi connectivity index (χ2v) is 11.0. The lowest BCUT2D eigenvalue weighted by Crippen LogP contribution is -2.37. The molecular weight excluding hydrogens is 481 g/mol. The summed E-state index contributed by atoms with van der Waals surface area (Å²) in [5, 5.41) is 6.00. The number of nitrogens with one attached hydrogen (secondary N) is 2. The van der Waals surface area contributed by atoms with E-state index in [1.54, 1.807) is 19.1 Å². The number of carbonyl (C=O) groups excluding carboxylic acids is 1. The van der Waals surface area contributed by atoms with Crippen LogP contribution in [0.3, 0.4) is 0 Å². The van der Waals surface area contributed by atoms with Crippen molar-refractivity contribution in [2.24, 2.45) is 5.92 Å². The first kappa shape index (κ1) is 25.9. The first-order chi connectivity index (χ1) is 17.7. The lowest BCUT2D eigenvalue weighted by molar-refractivity contribution is -0.127. The molecular formula is C28H35F3N4O2. The molecule has 5 rings (SSSR count). The van der Waals surface area contributed by atoms with Crippen molar-refractivity contribution in [3.63, 3.8) is 0 Å². The van der Waals surface area contributed by atoms with Gasteiger partial charge in [0.1, 0.15) is 11.6 Å². The number of benzene rings is 1. The van der Waals surface area contributed by atoms with Crippen LogP contribution in [-0.4, -0.2) is 28.0 Å². The van der Waals surface area contributed by atoms with E-state index in [1.165, 1.54) is 12.1 Å². The summed E-state index contributed by atoms with van der Waals surface area (Å²) >= 11 is 0. The Morgan fingerprint density at radius 2 is 1.95 bits per heavy atom. The van der Waals surface area contributed by atoms with Crippen LogP contribution in [0.2, 0.25) is 0 Å². The van der Waals surface area contributed by atoms with Gasteiger partial charge in [0.05, 0.1) is 11.8 Å². The Kier molecular flexibility index (Phi) is 7.18. The second kappa shape index (κ2) is 10.2. The number of carbonyl (C=O) groups is 1. The SMILES string of the molecule is Cc1nc(NCc2cccc(C(F)(F)C3CCCC3)c2)c(C2CCCO2)c(C(F)C(=O)NC2(C)CC2)n1. The van der Waals surface area contributed by atoms with Crippen LogP contribution >= 0.6 is 0 Å². The Morgan fingerprint density at radius 1 is 1.19 bits per heavy atom. The number of hydrogen-bond acceptors (Lipinski definition) is 5. The number of rotatable bonds is 9. The van der Waals surface area contributed by atoms with E-state index in [4.69, 9.17) is 4.74 Å². The van der Waals surface area contributed by atoms with Crippen molar-refractivity contribution in [2.45, 2.75) is 95.5 Å². The van der Waals surface area contributed by atoms with Gasteiger partial charge in [0.25, 0.3) is 11.8 Å². The standard InChI is InChI=1S/C28H35F3N4O2/c1-17-33-24(23(29)26(36)35-27(2)12-13-27)22(21-11-6-14-37-21)25(34-17)32-16-18-7-5-10-20(15-18)28(30,31)19-8-3-4-9-19/h5,7,10,15,19,21,23H,3-4,6,8-9,11-14,16H2,1-2H3,(H,35,36)(H,32,33,34). The van der Waals surface area contributed by atoms with E-state index in [-0.39, 0.29) is 23.3 Å². The Bertz CT molecular complexity index is 1140. The average Bonchev–Trinajstić information content (AvgIpc) is 3.31. The van der Waals surface area contributed by atoms with Gasteiger partial charge in [-0.2, -0.15) is 0 Å². The highest BCUT2D eigenvalue weighted by Crippen LogP contribution is 2.45. The van der Waals surface area contributed by atoms with E-state index in [0.29, 0.717) is 48.6 Å². The first-order valence-corrected chi connectivity index (χ1v) is 13.3. The molecule has 1 aromatic carbocycles. The van der Waals surface area contributed by atoms with Gasteiger partial charge >= 0.3 is 0 Å². The van der Waals surface area contributed by atoms with E-state index in [0.717, 1.165) is 32.1 Å². The summed E-state index contributed by atoms with van der Waals surface area (Å²) in [6, 6.07) is 6.45. The van der Waals surface area contributed by atoms with Crippen LogP contribution < -0.4 is 10.6 Å². The lowest BCUT2D eigenvalue weighted by atomic mass is 9.92. The van der Waals surface area contributed by atoms with Gasteiger partial charge in [-0.15, -0.1) is 0 Å². The van der Waals surface area contributed by atoms with Crippen molar-refractivity contribution in [3.8, 4) is 0 Å². The van der Waals surface area contributed by atoms with Gasteiger partial charge in [-0.1, -0.05) is 31.0 Å². The van der Waals surface area contributed by atoms with E-state index < -0.39 is 30.0 Å². The maximum atomic E-state index is 15.6. The van der Waals surface area contributed by atoms with E-state index in [9.17, 15) is 4.79 Å². The zero-order chi connectivity index (χ0) is 26.2. The molecule has 0 bridgehead atoms. The number of amides is 1. The molecule has 1 aliphatic heterocycles. The number of hydrogen-bond donors (Lipinski definition) is 2. The van der Waals surface area contributed by atoms with Crippen LogP contribution in [0.5, 0.6) is 0 Å². The molecule has 0 radical (unpaired) electrons. The van der Waals surface area contributed by atoms with Crippen molar-refractivity contribution >= 4 is 11.7 Å². The highest BCUT2D eigenvalue weighted by Gasteiger charge is 2.43. The predicted octanol–water partition coefficient (Wildman–Crippen LogP) is 6.21. The summed E-state index contributed by atoms with van der Waals surface area (Å²) in [6.07, 6.45) is 3.45. The highest BCUT2D eigenvalue weighted by atomic mass is 19.3. The lowest BCUT2D eigenvalue weighted by Gasteiger charge is -2.24. The zero-order valence-electron chi connectivity index (χ0n) is 21.5. The summed E-state index contributed by atoms with van der Waals surface area (Å²) < 4.78 is 51.7. The van der Waals surface area contributed by atoms with Gasteiger partial charge in [0, 0.05) is 35.7 Å². The number of aromatic nitrogens is 2. The molecule has 3 fully saturated rings. The monoisotopic (exact) mass is 516 g/mol. The Balaban J connectivity index is 1.40. The van der Waals surface area contributed by atoms with Crippen LogP contribution in [0.25, 0.3) is 0 Å². The van der Waals surface area contributed by atoms with Crippen LogP contribution in [0, 0.1) is 12.8 Å². The van der Waals surface area contributed by atoms with E-state index in [2.05, 4.69) is 20.6 Å². The Labute approximate surface area is 215 Å². The van der Waals surface area contributed by atoms with Crippen LogP contribution in [0.15, 0.2) is 24.3 Å². The van der Waals surface area contributed by atoms with Crippen LogP contribution in [0.4, 0.5) is 19.0 Å². The quantitative estimate of drug-likeness (QED) is 0.414. The van der Waals surface area contributed by atoms with Gasteiger partial charge in [0.15, 0.2) is 0 Å². The fraction of sp³-hybridized carbons (Fsp3) is 0.607. The van der Waals surface area contributed by atoms with E-state index >= 15 is 13.2 Å².